The van der Waals surface area contributed by atoms with Gasteiger partial charge in [-0.2, -0.15) is 0 Å². The maximum absolute atomic E-state index is 11.6. The molecule has 134 valence electrons. The molecule has 0 saturated heterocycles. The zero-order chi connectivity index (χ0) is 19.3. The van der Waals surface area contributed by atoms with Gasteiger partial charge >= 0.3 is 5.97 Å². The molecule has 0 spiro atoms. The number of hydrogen-bond acceptors (Lipinski definition) is 3. The van der Waals surface area contributed by atoms with E-state index in [0.717, 1.165) is 22.6 Å². The average Bonchev–Trinajstić information content (AvgIpc) is 2.85. The summed E-state index contributed by atoms with van der Waals surface area (Å²) in [5.41, 5.74) is 3.74. The highest BCUT2D eigenvalue weighted by atomic mass is 16.4. The quantitative estimate of drug-likeness (QED) is 0.769. The van der Waals surface area contributed by atoms with Crippen LogP contribution in [0.15, 0.2) is 71.8 Å². The van der Waals surface area contributed by atoms with Gasteiger partial charge < -0.3 is 5.11 Å². The molecule has 1 aromatic heterocycles. The van der Waals surface area contributed by atoms with E-state index in [1.165, 1.54) is 0 Å². The number of imidazole rings is 1. The Morgan fingerprint density at radius 3 is 2.54 bits per heavy atom. The predicted octanol–water partition coefficient (Wildman–Crippen LogP) is 4.51. The molecular weight excluding hydrogens is 326 g/mol. The lowest BCUT2D eigenvalue weighted by molar-refractivity contribution is 0.0689. The van der Waals surface area contributed by atoms with E-state index in [9.17, 15) is 9.90 Å². The van der Waals surface area contributed by atoms with Gasteiger partial charge in [0.1, 0.15) is 5.82 Å². The molecule has 0 radical (unpaired) electrons. The molecule has 1 aliphatic heterocycles. The number of aryl methyl sites for hydroxylation is 1. The summed E-state index contributed by atoms with van der Waals surface area (Å²) >= 11 is 0. The van der Waals surface area contributed by atoms with E-state index in [1.807, 2.05) is 48.8 Å². The van der Waals surface area contributed by atoms with E-state index in [4.69, 9.17) is 4.99 Å². The summed E-state index contributed by atoms with van der Waals surface area (Å²) in [6.07, 6.45) is 13.1. The molecule has 0 amide bonds. The van der Waals surface area contributed by atoms with Crippen LogP contribution in [-0.2, 0) is 6.54 Å². The van der Waals surface area contributed by atoms with Crippen LogP contribution >= 0.6 is 0 Å². The van der Waals surface area contributed by atoms with E-state index in [2.05, 4.69) is 18.1 Å². The standard InChI is InChI=1S/C21H23N3O2/c1-6-10-12-15(8-3)19-16(11-7-2)17(9-4)24-14(5)23-20(21(25)26)18(24)13-22-19/h6-12H,3-4,13H2,1-2,5H3,(H,25,26)/b10-6-,11-7-,15-12+. The Morgan fingerprint density at radius 2 is 2.00 bits per heavy atom. The van der Waals surface area contributed by atoms with Gasteiger partial charge in [0.15, 0.2) is 5.69 Å². The van der Waals surface area contributed by atoms with Gasteiger partial charge in [-0.05, 0) is 32.4 Å². The highest BCUT2D eigenvalue weighted by Gasteiger charge is 2.26. The fourth-order valence-electron chi connectivity index (χ4n) is 2.92. The fraction of sp³-hybridized carbons (Fsp3) is 0.190. The number of aliphatic imine (C=N–C) groups is 1. The van der Waals surface area contributed by atoms with Crippen molar-refractivity contribution in [3.63, 3.8) is 0 Å². The van der Waals surface area contributed by atoms with Crippen molar-refractivity contribution < 1.29 is 9.90 Å². The molecule has 2 heterocycles. The first-order chi connectivity index (χ1) is 12.5. The third kappa shape index (κ3) is 3.42. The van der Waals surface area contributed by atoms with Gasteiger partial charge in [0.25, 0.3) is 0 Å². The zero-order valence-corrected chi connectivity index (χ0v) is 15.4. The number of aromatic carboxylic acids is 1. The third-order valence-corrected chi connectivity index (χ3v) is 3.99. The second-order valence-corrected chi connectivity index (χ2v) is 5.61. The van der Waals surface area contributed by atoms with Crippen LogP contribution in [0.5, 0.6) is 0 Å². The van der Waals surface area contributed by atoms with Crippen molar-refractivity contribution >= 4 is 17.4 Å². The number of hydrogen-bond donors (Lipinski definition) is 1. The Hall–Kier alpha value is -3.21. The smallest absolute Gasteiger partial charge is 0.356 e. The lowest BCUT2D eigenvalue weighted by Crippen LogP contribution is -2.08. The topological polar surface area (TPSA) is 67.5 Å². The van der Waals surface area contributed by atoms with Crippen LogP contribution in [0.2, 0.25) is 0 Å². The summed E-state index contributed by atoms with van der Waals surface area (Å²) < 4.78 is 1.82. The van der Waals surface area contributed by atoms with E-state index < -0.39 is 5.97 Å². The largest absolute Gasteiger partial charge is 0.476 e. The van der Waals surface area contributed by atoms with E-state index >= 15 is 0 Å². The molecule has 0 fully saturated rings. The number of carbonyl (C=O) groups is 1. The van der Waals surface area contributed by atoms with Crippen LogP contribution in [-0.4, -0.2) is 26.3 Å². The number of allylic oxidation sites excluding steroid dienone is 10. The summed E-state index contributed by atoms with van der Waals surface area (Å²) in [6, 6.07) is 0. The molecule has 1 aliphatic rings. The summed E-state index contributed by atoms with van der Waals surface area (Å²) in [4.78, 5) is 20.5. The highest BCUT2D eigenvalue weighted by Crippen LogP contribution is 2.29. The van der Waals surface area contributed by atoms with E-state index in [0.29, 0.717) is 11.5 Å². The molecule has 0 unspecified atom stereocenters. The molecule has 0 atom stereocenters. The fourth-order valence-corrected chi connectivity index (χ4v) is 2.92. The lowest BCUT2D eigenvalue weighted by Gasteiger charge is -2.13. The summed E-state index contributed by atoms with van der Waals surface area (Å²) in [7, 11) is 0. The van der Waals surface area contributed by atoms with Crippen LogP contribution in [0, 0.1) is 6.92 Å². The van der Waals surface area contributed by atoms with Crippen molar-refractivity contribution in [3.05, 3.63) is 84.0 Å². The Kier molecular flexibility index (Phi) is 6.07. The second kappa shape index (κ2) is 8.25. The van der Waals surface area contributed by atoms with Gasteiger partial charge in [0.05, 0.1) is 23.6 Å². The number of nitrogens with zero attached hydrogens (tertiary/aromatic N) is 3. The Labute approximate surface area is 153 Å². The molecular formula is C21H23N3O2. The minimum Gasteiger partial charge on any atom is -0.476 e. The Morgan fingerprint density at radius 1 is 1.27 bits per heavy atom. The van der Waals surface area contributed by atoms with Gasteiger partial charge in [-0.1, -0.05) is 49.6 Å². The molecule has 0 aliphatic carbocycles. The normalized spacial score (nSPS) is 15.2. The van der Waals surface area contributed by atoms with E-state index in [-0.39, 0.29) is 12.2 Å². The molecule has 5 nitrogen and oxygen atoms in total. The van der Waals surface area contributed by atoms with Crippen LogP contribution in [0.3, 0.4) is 0 Å². The Balaban J connectivity index is 2.86. The number of aromatic nitrogens is 2. The minimum absolute atomic E-state index is 0.0178. The first-order valence-corrected chi connectivity index (χ1v) is 8.32. The summed E-state index contributed by atoms with van der Waals surface area (Å²) in [6.45, 7) is 13.7. The van der Waals surface area contributed by atoms with Crippen LogP contribution < -0.4 is 0 Å². The van der Waals surface area contributed by atoms with Gasteiger partial charge in [-0.25, -0.2) is 9.78 Å². The first kappa shape index (κ1) is 19.1. The summed E-state index contributed by atoms with van der Waals surface area (Å²) in [5, 5.41) is 9.49. The van der Waals surface area contributed by atoms with Crippen molar-refractivity contribution in [1.82, 2.24) is 9.55 Å². The maximum Gasteiger partial charge on any atom is 0.356 e. The molecule has 26 heavy (non-hydrogen) atoms. The zero-order valence-electron chi connectivity index (χ0n) is 15.4. The van der Waals surface area contributed by atoms with Gasteiger partial charge in [-0.3, -0.25) is 9.56 Å². The van der Waals surface area contributed by atoms with E-state index in [1.54, 1.807) is 19.1 Å². The maximum atomic E-state index is 11.6. The third-order valence-electron chi connectivity index (χ3n) is 3.99. The number of carboxylic acid groups (broad SMARTS) is 1. The summed E-state index contributed by atoms with van der Waals surface area (Å²) in [5.74, 6) is -0.478. The molecule has 0 aromatic carbocycles. The first-order valence-electron chi connectivity index (χ1n) is 8.32. The molecule has 5 heteroatoms. The number of carboxylic acids is 1. The van der Waals surface area contributed by atoms with Gasteiger partial charge in [0, 0.05) is 5.57 Å². The van der Waals surface area contributed by atoms with Crippen molar-refractivity contribution in [2.45, 2.75) is 27.3 Å². The van der Waals surface area contributed by atoms with Gasteiger partial charge in [-0.15, -0.1) is 0 Å². The molecule has 1 aromatic rings. The van der Waals surface area contributed by atoms with Crippen LogP contribution in [0.1, 0.15) is 35.9 Å². The number of fused-ring (bicyclic) bond motifs is 1. The van der Waals surface area contributed by atoms with Crippen molar-refractivity contribution in [3.8, 4) is 0 Å². The van der Waals surface area contributed by atoms with Crippen LogP contribution in [0.25, 0.3) is 5.70 Å². The molecule has 0 saturated carbocycles. The molecule has 1 N–H and O–H groups in total. The van der Waals surface area contributed by atoms with Crippen molar-refractivity contribution in [2.75, 3.05) is 0 Å². The average molecular weight is 349 g/mol. The minimum atomic E-state index is -1.06. The number of rotatable bonds is 6. The molecule has 2 rings (SSSR count). The lowest BCUT2D eigenvalue weighted by atomic mass is 9.99. The second-order valence-electron chi connectivity index (χ2n) is 5.61. The van der Waals surface area contributed by atoms with Crippen molar-refractivity contribution in [2.24, 2.45) is 4.99 Å². The highest BCUT2D eigenvalue weighted by molar-refractivity contribution is 6.19. The van der Waals surface area contributed by atoms with Crippen molar-refractivity contribution in [1.29, 1.82) is 0 Å². The Bertz CT molecular complexity index is 906. The van der Waals surface area contributed by atoms with Gasteiger partial charge in [0.2, 0.25) is 0 Å². The monoisotopic (exact) mass is 349 g/mol. The molecule has 0 bridgehead atoms. The van der Waals surface area contributed by atoms with Crippen LogP contribution in [0.4, 0.5) is 0 Å². The SMILES string of the molecule is C=CC1=C(/C=C\C)C(/C(C=C)=C/C=C\C)=NCc2c(C(=O)O)nc(C)n21. The predicted molar refractivity (Wildman–Crippen MR) is 106 cm³/mol.